The highest BCUT2D eigenvalue weighted by Gasteiger charge is 2.27. The number of hydrogen-bond donors (Lipinski definition) is 5. The van der Waals surface area contributed by atoms with E-state index in [9.17, 15) is 10.2 Å². The predicted octanol–water partition coefficient (Wildman–Crippen LogP) is -2.90. The molecule has 8 nitrogen and oxygen atoms in total. The van der Waals surface area contributed by atoms with Gasteiger partial charge in [-0.25, -0.2) is 0 Å². The minimum Gasteiger partial charge on any atom is -0.394 e. The maximum Gasteiger partial charge on any atom is 0.110 e. The molecule has 3 atom stereocenters. The fourth-order valence-corrected chi connectivity index (χ4v) is 1.33. The smallest absolute Gasteiger partial charge is 0.110 e. The highest BCUT2D eigenvalue weighted by Crippen LogP contribution is 2.06. The number of hydrogen-bond acceptors (Lipinski definition) is 8. The molecule has 0 fully saturated rings. The van der Waals surface area contributed by atoms with Crippen LogP contribution in [0.15, 0.2) is 0 Å². The lowest BCUT2D eigenvalue weighted by Crippen LogP contribution is -2.44. The van der Waals surface area contributed by atoms with Crippen molar-refractivity contribution in [3.8, 4) is 0 Å². The van der Waals surface area contributed by atoms with Gasteiger partial charge in [-0.2, -0.15) is 0 Å². The molecule has 116 valence electrons. The van der Waals surface area contributed by atoms with Crippen molar-refractivity contribution >= 4 is 0 Å². The van der Waals surface area contributed by atoms with E-state index in [-0.39, 0.29) is 52.9 Å². The quantitative estimate of drug-likeness (QED) is 0.228. The Labute approximate surface area is 112 Å². The van der Waals surface area contributed by atoms with Crippen molar-refractivity contribution in [3.05, 3.63) is 0 Å². The van der Waals surface area contributed by atoms with Crippen LogP contribution in [-0.2, 0) is 14.2 Å². The largest absolute Gasteiger partial charge is 0.394 e. The molecule has 0 rings (SSSR count). The van der Waals surface area contributed by atoms with Gasteiger partial charge in [0.1, 0.15) is 18.3 Å². The normalized spacial score (nSPS) is 16.3. The molecule has 3 unspecified atom stereocenters. The molecule has 0 spiro atoms. The highest BCUT2D eigenvalue weighted by molar-refractivity contribution is 4.76. The summed E-state index contributed by atoms with van der Waals surface area (Å²) in [5.41, 5.74) is 0. The molecule has 0 bridgehead atoms. The molecule has 8 heteroatoms. The third-order valence-electron chi connectivity index (χ3n) is 2.24. The third-order valence-corrected chi connectivity index (χ3v) is 2.24. The van der Waals surface area contributed by atoms with Crippen LogP contribution in [0.25, 0.3) is 0 Å². The van der Waals surface area contributed by atoms with E-state index in [1.165, 1.54) is 0 Å². The summed E-state index contributed by atoms with van der Waals surface area (Å²) in [6.45, 7) is -0.595. The minimum atomic E-state index is -1.26. The molecular weight excluding hydrogens is 260 g/mol. The first-order valence-electron chi connectivity index (χ1n) is 6.13. The molecule has 0 saturated heterocycles. The van der Waals surface area contributed by atoms with Gasteiger partial charge in [0, 0.05) is 0 Å². The van der Waals surface area contributed by atoms with Crippen LogP contribution < -0.4 is 0 Å². The molecule has 0 aromatic carbocycles. The van der Waals surface area contributed by atoms with Gasteiger partial charge in [0.05, 0.1) is 52.9 Å². The first-order valence-corrected chi connectivity index (χ1v) is 6.13. The van der Waals surface area contributed by atoms with Gasteiger partial charge in [-0.1, -0.05) is 0 Å². The fourth-order valence-electron chi connectivity index (χ4n) is 1.33. The number of aliphatic hydroxyl groups is 5. The van der Waals surface area contributed by atoms with Gasteiger partial charge in [-0.15, -0.1) is 0 Å². The number of aliphatic hydroxyl groups excluding tert-OH is 5. The Hall–Kier alpha value is -0.320. The third kappa shape index (κ3) is 9.25. The van der Waals surface area contributed by atoms with Crippen LogP contribution in [0.1, 0.15) is 0 Å². The second-order valence-electron chi connectivity index (χ2n) is 3.79. The van der Waals surface area contributed by atoms with Crippen LogP contribution in [0, 0.1) is 0 Å². The second-order valence-corrected chi connectivity index (χ2v) is 3.79. The van der Waals surface area contributed by atoms with E-state index in [0.717, 1.165) is 0 Å². The lowest BCUT2D eigenvalue weighted by atomic mass is 10.1. The van der Waals surface area contributed by atoms with E-state index in [1.54, 1.807) is 0 Å². The summed E-state index contributed by atoms with van der Waals surface area (Å²) < 4.78 is 15.1. The van der Waals surface area contributed by atoms with Crippen molar-refractivity contribution in [1.29, 1.82) is 0 Å². The molecule has 0 heterocycles. The summed E-state index contributed by atoms with van der Waals surface area (Å²) in [6, 6.07) is 0. The Balaban J connectivity index is 4.12. The Morgan fingerprint density at radius 3 is 1.79 bits per heavy atom. The van der Waals surface area contributed by atoms with Gasteiger partial charge in [0.15, 0.2) is 0 Å². The van der Waals surface area contributed by atoms with Crippen molar-refractivity contribution in [1.82, 2.24) is 0 Å². The molecule has 0 amide bonds. The SMILES string of the molecule is OCCOCC(O)C(O)C(COCCO)OCCO. The Morgan fingerprint density at radius 2 is 1.26 bits per heavy atom. The molecule has 0 radical (unpaired) electrons. The zero-order chi connectivity index (χ0) is 14.5. The standard InChI is InChI=1S/C11H24O8/c12-1-4-17-7-9(15)11(16)10(19-6-3-14)8-18-5-2-13/h9-16H,1-8H2. The summed E-state index contributed by atoms with van der Waals surface area (Å²) >= 11 is 0. The second kappa shape index (κ2) is 12.7. The van der Waals surface area contributed by atoms with Crippen LogP contribution in [0.5, 0.6) is 0 Å². The predicted molar refractivity (Wildman–Crippen MR) is 64.6 cm³/mol. The van der Waals surface area contributed by atoms with E-state index in [1.807, 2.05) is 0 Å². The summed E-state index contributed by atoms with van der Waals surface area (Å²) in [7, 11) is 0. The van der Waals surface area contributed by atoms with E-state index in [2.05, 4.69) is 0 Å². The Kier molecular flexibility index (Phi) is 12.5. The molecule has 19 heavy (non-hydrogen) atoms. The van der Waals surface area contributed by atoms with Crippen molar-refractivity contribution in [2.75, 3.05) is 52.9 Å². The van der Waals surface area contributed by atoms with Crippen LogP contribution in [0.4, 0.5) is 0 Å². The average Bonchev–Trinajstić information content (AvgIpc) is 2.42. The van der Waals surface area contributed by atoms with E-state index >= 15 is 0 Å². The molecule has 0 aliphatic carbocycles. The van der Waals surface area contributed by atoms with Crippen molar-refractivity contribution in [2.24, 2.45) is 0 Å². The molecule has 0 aromatic heterocycles. The van der Waals surface area contributed by atoms with E-state index in [4.69, 9.17) is 29.5 Å². The molecule has 5 N–H and O–H groups in total. The van der Waals surface area contributed by atoms with E-state index in [0.29, 0.717) is 0 Å². The highest BCUT2D eigenvalue weighted by atomic mass is 16.6. The molecular formula is C11H24O8. The molecule has 0 saturated carbocycles. The topological polar surface area (TPSA) is 129 Å². The van der Waals surface area contributed by atoms with Crippen molar-refractivity contribution < 1.29 is 39.7 Å². The Bertz CT molecular complexity index is 192. The summed E-state index contributed by atoms with van der Waals surface area (Å²) in [4.78, 5) is 0. The van der Waals surface area contributed by atoms with Crippen LogP contribution in [-0.4, -0.2) is 96.7 Å². The minimum absolute atomic E-state index is 0.00553. The summed E-state index contributed by atoms with van der Waals surface area (Å²) in [6.07, 6.45) is -3.30. The lowest BCUT2D eigenvalue weighted by molar-refractivity contribution is -0.136. The molecule has 0 aliphatic rings. The lowest BCUT2D eigenvalue weighted by Gasteiger charge is -2.26. The van der Waals surface area contributed by atoms with Crippen LogP contribution >= 0.6 is 0 Å². The van der Waals surface area contributed by atoms with Crippen molar-refractivity contribution in [2.45, 2.75) is 18.3 Å². The zero-order valence-corrected chi connectivity index (χ0v) is 10.8. The van der Waals surface area contributed by atoms with E-state index < -0.39 is 18.3 Å². The molecule has 0 aliphatic heterocycles. The summed E-state index contributed by atoms with van der Waals surface area (Å²) in [5.74, 6) is 0. The average molecular weight is 284 g/mol. The summed E-state index contributed by atoms with van der Waals surface area (Å²) in [5, 5.41) is 45.3. The number of rotatable bonds is 13. The fraction of sp³-hybridized carbons (Fsp3) is 1.00. The van der Waals surface area contributed by atoms with Gasteiger partial charge in [0.25, 0.3) is 0 Å². The zero-order valence-electron chi connectivity index (χ0n) is 10.8. The van der Waals surface area contributed by atoms with Crippen LogP contribution in [0.2, 0.25) is 0 Å². The maximum absolute atomic E-state index is 9.86. The number of ether oxygens (including phenoxy) is 3. The first-order chi connectivity index (χ1) is 9.17. The van der Waals surface area contributed by atoms with Gasteiger partial charge in [-0.3, -0.25) is 0 Å². The van der Waals surface area contributed by atoms with Crippen molar-refractivity contribution in [3.63, 3.8) is 0 Å². The maximum atomic E-state index is 9.86. The van der Waals surface area contributed by atoms with Crippen LogP contribution in [0.3, 0.4) is 0 Å². The first kappa shape index (κ1) is 18.7. The van der Waals surface area contributed by atoms with Gasteiger partial charge in [0.2, 0.25) is 0 Å². The molecule has 0 aromatic rings. The Morgan fingerprint density at radius 1 is 0.737 bits per heavy atom. The monoisotopic (exact) mass is 284 g/mol. The van der Waals surface area contributed by atoms with Gasteiger partial charge in [-0.05, 0) is 0 Å². The van der Waals surface area contributed by atoms with Gasteiger partial charge < -0.3 is 39.7 Å². The van der Waals surface area contributed by atoms with Gasteiger partial charge >= 0.3 is 0 Å².